The number of ether oxygens (including phenoxy) is 1. The Hall–Kier alpha value is -1.85. The van der Waals surface area contributed by atoms with Crippen LogP contribution in [0.25, 0.3) is 11.3 Å². The van der Waals surface area contributed by atoms with Crippen LogP contribution in [-0.4, -0.2) is 29.0 Å². The third-order valence-corrected chi connectivity index (χ3v) is 4.92. The van der Waals surface area contributed by atoms with Gasteiger partial charge >= 0.3 is 0 Å². The number of aryl methyl sites for hydroxylation is 1. The zero-order chi connectivity index (χ0) is 16.2. The summed E-state index contributed by atoms with van der Waals surface area (Å²) in [4.78, 5) is 17.7. The van der Waals surface area contributed by atoms with Gasteiger partial charge in [-0.05, 0) is 18.4 Å². The molecule has 1 heterocycles. The molecule has 120 valence electrons. The molecule has 0 bridgehead atoms. The van der Waals surface area contributed by atoms with E-state index in [1.54, 1.807) is 29.5 Å². The van der Waals surface area contributed by atoms with Crippen molar-refractivity contribution in [2.75, 3.05) is 19.5 Å². The maximum absolute atomic E-state index is 12.9. The molecule has 0 saturated carbocycles. The fourth-order valence-electron chi connectivity index (χ4n) is 2.87. The summed E-state index contributed by atoms with van der Waals surface area (Å²) in [6.07, 6.45) is 3.38. The Morgan fingerprint density at radius 3 is 3.00 bits per heavy atom. The van der Waals surface area contributed by atoms with E-state index in [0.29, 0.717) is 13.2 Å². The minimum absolute atomic E-state index is 0.0596. The van der Waals surface area contributed by atoms with Crippen molar-refractivity contribution in [3.8, 4) is 11.3 Å². The first kappa shape index (κ1) is 16.0. The molecule has 1 aliphatic rings. The molecule has 0 radical (unpaired) electrons. The van der Waals surface area contributed by atoms with E-state index >= 15 is 0 Å². The Morgan fingerprint density at radius 1 is 1.39 bits per heavy atom. The van der Waals surface area contributed by atoms with Gasteiger partial charge in [0, 0.05) is 30.5 Å². The second kappa shape index (κ2) is 7.15. The van der Waals surface area contributed by atoms with E-state index in [1.165, 1.54) is 5.56 Å². The van der Waals surface area contributed by atoms with E-state index in [9.17, 15) is 4.79 Å². The number of hydrogen-bond donors (Lipinski definition) is 0. The number of hydrogen-bond acceptors (Lipinski definition) is 4. The van der Waals surface area contributed by atoms with Crippen molar-refractivity contribution >= 4 is 11.8 Å². The minimum atomic E-state index is 0.0596. The first-order valence-electron chi connectivity index (χ1n) is 7.71. The molecule has 0 N–H and O–H groups in total. The first-order chi connectivity index (χ1) is 11.3. The maximum atomic E-state index is 12.9. The van der Waals surface area contributed by atoms with Crippen molar-refractivity contribution < 1.29 is 4.74 Å². The summed E-state index contributed by atoms with van der Waals surface area (Å²) in [7, 11) is 1.67. The Labute approximate surface area is 140 Å². The summed E-state index contributed by atoms with van der Waals surface area (Å²) >= 11 is 1.55. The average Bonchev–Trinajstić information content (AvgIpc) is 2.58. The summed E-state index contributed by atoms with van der Waals surface area (Å²) < 4.78 is 6.83. The number of thioether (sulfide) groups is 1. The van der Waals surface area contributed by atoms with Gasteiger partial charge in [0.05, 0.1) is 12.3 Å². The van der Waals surface area contributed by atoms with Gasteiger partial charge in [0.1, 0.15) is 0 Å². The highest BCUT2D eigenvalue weighted by atomic mass is 32.2. The molecule has 0 aliphatic heterocycles. The zero-order valence-electron chi connectivity index (χ0n) is 13.2. The molecule has 0 fully saturated rings. The monoisotopic (exact) mass is 328 g/mol. The third kappa shape index (κ3) is 3.12. The largest absolute Gasteiger partial charge is 0.384 e. The van der Waals surface area contributed by atoms with Crippen LogP contribution in [0.5, 0.6) is 0 Å². The summed E-state index contributed by atoms with van der Waals surface area (Å²) in [6, 6.07) is 8.22. The highest BCUT2D eigenvalue weighted by Crippen LogP contribution is 2.31. The summed E-state index contributed by atoms with van der Waals surface area (Å²) in [6.45, 7) is 4.87. The molecule has 2 aromatic rings. The quantitative estimate of drug-likeness (QED) is 0.354. The van der Waals surface area contributed by atoms with Gasteiger partial charge in [-0.1, -0.05) is 42.1 Å². The predicted molar refractivity (Wildman–Crippen MR) is 94.1 cm³/mol. The summed E-state index contributed by atoms with van der Waals surface area (Å²) in [5.41, 5.74) is 4.08. The summed E-state index contributed by atoms with van der Waals surface area (Å²) in [5.74, 6) is 0.764. The first-order valence-corrected chi connectivity index (χ1v) is 8.69. The molecule has 0 unspecified atom stereocenters. The summed E-state index contributed by atoms with van der Waals surface area (Å²) in [5, 5.41) is 0.738. The van der Waals surface area contributed by atoms with E-state index < -0.39 is 0 Å². The van der Waals surface area contributed by atoms with E-state index in [2.05, 4.69) is 18.7 Å². The predicted octanol–water partition coefficient (Wildman–Crippen LogP) is 2.93. The van der Waals surface area contributed by atoms with Gasteiger partial charge in [-0.15, -0.1) is 6.58 Å². The number of aromatic nitrogens is 2. The number of methoxy groups -OCH3 is 1. The third-order valence-electron chi connectivity index (χ3n) is 3.97. The van der Waals surface area contributed by atoms with Gasteiger partial charge in [-0.3, -0.25) is 9.36 Å². The van der Waals surface area contributed by atoms with Crippen LogP contribution < -0.4 is 5.56 Å². The van der Waals surface area contributed by atoms with Gasteiger partial charge in [-0.2, -0.15) is 0 Å². The molecule has 0 atom stereocenters. The van der Waals surface area contributed by atoms with Crippen LogP contribution in [0.2, 0.25) is 0 Å². The molecule has 0 amide bonds. The number of fused-ring (bicyclic) bond motifs is 3. The van der Waals surface area contributed by atoms with Crippen LogP contribution in [0.15, 0.2) is 46.9 Å². The Morgan fingerprint density at radius 2 is 2.22 bits per heavy atom. The molecular weight excluding hydrogens is 308 g/mol. The standard InChI is InChI=1S/C18H20N2O2S/c1-3-10-20-17(21)15-9-8-13-6-4-5-7-14(13)16(15)19-18(20)23-12-11-22-2/h3-7H,1,8-12H2,2H3. The zero-order valence-corrected chi connectivity index (χ0v) is 14.1. The van der Waals surface area contributed by atoms with Crippen molar-refractivity contribution in [2.45, 2.75) is 24.5 Å². The highest BCUT2D eigenvalue weighted by molar-refractivity contribution is 7.99. The van der Waals surface area contributed by atoms with E-state index in [-0.39, 0.29) is 5.56 Å². The topological polar surface area (TPSA) is 44.1 Å². The van der Waals surface area contributed by atoms with Gasteiger partial charge in [0.25, 0.3) is 5.56 Å². The van der Waals surface area contributed by atoms with Gasteiger partial charge in [0.2, 0.25) is 0 Å². The Bertz CT molecular complexity index is 783. The van der Waals surface area contributed by atoms with Gasteiger partial charge in [0.15, 0.2) is 5.16 Å². The van der Waals surface area contributed by atoms with Crippen LogP contribution in [0.3, 0.4) is 0 Å². The lowest BCUT2D eigenvalue weighted by Crippen LogP contribution is -2.29. The molecule has 3 rings (SSSR count). The molecule has 0 spiro atoms. The van der Waals surface area contributed by atoms with Crippen molar-refractivity contribution in [3.63, 3.8) is 0 Å². The fraction of sp³-hybridized carbons (Fsp3) is 0.333. The number of benzene rings is 1. The lowest BCUT2D eigenvalue weighted by Gasteiger charge is -2.21. The van der Waals surface area contributed by atoms with Crippen LogP contribution in [-0.2, 0) is 24.1 Å². The van der Waals surface area contributed by atoms with Crippen LogP contribution in [0.4, 0.5) is 0 Å². The normalized spacial score (nSPS) is 12.6. The fourth-order valence-corrected chi connectivity index (χ4v) is 3.77. The van der Waals surface area contributed by atoms with E-state index in [1.807, 2.05) is 12.1 Å². The number of allylic oxidation sites excluding steroid dienone is 1. The van der Waals surface area contributed by atoms with Crippen LogP contribution in [0.1, 0.15) is 11.1 Å². The van der Waals surface area contributed by atoms with Crippen molar-refractivity contribution in [1.29, 1.82) is 0 Å². The average molecular weight is 328 g/mol. The molecule has 1 aromatic heterocycles. The van der Waals surface area contributed by atoms with Gasteiger partial charge < -0.3 is 4.74 Å². The smallest absolute Gasteiger partial charge is 0.258 e. The van der Waals surface area contributed by atoms with Crippen molar-refractivity contribution in [2.24, 2.45) is 0 Å². The molecule has 4 nitrogen and oxygen atoms in total. The second-order valence-corrected chi connectivity index (χ2v) is 6.49. The van der Waals surface area contributed by atoms with Crippen molar-refractivity contribution in [1.82, 2.24) is 9.55 Å². The van der Waals surface area contributed by atoms with Crippen LogP contribution in [0, 0.1) is 0 Å². The molecule has 23 heavy (non-hydrogen) atoms. The SMILES string of the molecule is C=CCn1c(SCCOC)nc2c(c1=O)CCc1ccccc1-2. The number of rotatable bonds is 6. The molecule has 0 saturated heterocycles. The lowest BCUT2D eigenvalue weighted by molar-refractivity contribution is 0.218. The number of nitrogens with zero attached hydrogens (tertiary/aromatic N) is 2. The van der Waals surface area contributed by atoms with Crippen molar-refractivity contribution in [3.05, 3.63) is 58.4 Å². The molecule has 1 aromatic carbocycles. The van der Waals surface area contributed by atoms with E-state index in [0.717, 1.165) is 40.6 Å². The minimum Gasteiger partial charge on any atom is -0.384 e. The maximum Gasteiger partial charge on any atom is 0.258 e. The lowest BCUT2D eigenvalue weighted by atomic mass is 9.90. The molecule has 5 heteroatoms. The Kier molecular flexibility index (Phi) is 4.98. The van der Waals surface area contributed by atoms with Crippen LogP contribution >= 0.6 is 11.8 Å². The molecule has 1 aliphatic carbocycles. The van der Waals surface area contributed by atoms with Gasteiger partial charge in [-0.25, -0.2) is 4.98 Å². The highest BCUT2D eigenvalue weighted by Gasteiger charge is 2.23. The van der Waals surface area contributed by atoms with E-state index in [4.69, 9.17) is 9.72 Å². The Balaban J connectivity index is 2.12. The second-order valence-electron chi connectivity index (χ2n) is 5.42. The molecular formula is C18H20N2O2S.